The van der Waals surface area contributed by atoms with E-state index in [0.717, 1.165) is 0 Å². The number of ether oxygens (including phenoxy) is 7. The van der Waals surface area contributed by atoms with Gasteiger partial charge in [-0.15, -0.1) is 0 Å². The van der Waals surface area contributed by atoms with E-state index in [-0.39, 0.29) is 87.8 Å². The lowest BCUT2D eigenvalue weighted by atomic mass is 9.96. The third-order valence-corrected chi connectivity index (χ3v) is 12.7. The van der Waals surface area contributed by atoms with Gasteiger partial charge in [-0.2, -0.15) is 0 Å². The molecular formula is C60H87N5O22. The predicted octanol–water partition coefficient (Wildman–Crippen LogP) is 6.90. The van der Waals surface area contributed by atoms with E-state index in [0.29, 0.717) is 51.4 Å². The van der Waals surface area contributed by atoms with Crippen LogP contribution in [0.4, 0.5) is 0 Å². The van der Waals surface area contributed by atoms with Crippen molar-refractivity contribution in [2.75, 3.05) is 6.54 Å². The zero-order chi connectivity index (χ0) is 64.8. The second-order valence-electron chi connectivity index (χ2n) is 20.2. The van der Waals surface area contributed by atoms with Gasteiger partial charge >= 0.3 is 83.0 Å². The van der Waals surface area contributed by atoms with Crippen LogP contribution in [0.3, 0.4) is 0 Å². The number of carbonyl (C=O) groups is 11. The molecule has 0 radical (unpaired) electrons. The highest BCUT2D eigenvalue weighted by atomic mass is 17.2. The Balaban J connectivity index is 3.06. The van der Waals surface area contributed by atoms with Crippen LogP contribution in [-0.4, -0.2) is 114 Å². The average Bonchev–Trinajstić information content (AvgIpc) is 0.825. The topological polar surface area (TPSA) is 406 Å². The van der Waals surface area contributed by atoms with Gasteiger partial charge in [-0.05, 0) is 82.1 Å². The Kier molecular flexibility index (Phi) is 34.6. The SMILES string of the molecule is CCCCCC(=O)OOC(=O)C(OC(=O)CCC)(OC(=O)c1ccccc1)C(CCCCC)OC(=O)CC(N)C(=O)OC(CCCCC)(OC(=O)C(N)CCCN=C(N)N)C(OC(=O)CCC)(OC(=O)c1ccccc1)C(=O)OOC(=O)CCCCC. The fourth-order valence-corrected chi connectivity index (χ4v) is 8.08. The van der Waals surface area contributed by atoms with Crippen molar-refractivity contribution < 1.29 is 105 Å². The zero-order valence-electron chi connectivity index (χ0n) is 50.7. The van der Waals surface area contributed by atoms with Crippen molar-refractivity contribution in [1.82, 2.24) is 0 Å². The Bertz CT molecular complexity index is 2570. The van der Waals surface area contributed by atoms with E-state index in [1.54, 1.807) is 26.8 Å². The van der Waals surface area contributed by atoms with Gasteiger partial charge in [0.15, 0.2) is 12.1 Å². The number of aliphatic imine (C=N–C) groups is 1. The largest absolute Gasteiger partial charge is 0.453 e. The van der Waals surface area contributed by atoms with E-state index >= 15 is 4.79 Å². The van der Waals surface area contributed by atoms with Gasteiger partial charge in [0.05, 0.1) is 30.4 Å². The van der Waals surface area contributed by atoms with Crippen LogP contribution < -0.4 is 22.9 Å². The van der Waals surface area contributed by atoms with Crippen molar-refractivity contribution in [2.45, 2.75) is 225 Å². The molecule has 0 aliphatic heterocycles. The van der Waals surface area contributed by atoms with Crippen molar-refractivity contribution in [1.29, 1.82) is 0 Å². The molecule has 0 heterocycles. The number of nitrogens with zero attached hydrogens (tertiary/aromatic N) is 1. The van der Waals surface area contributed by atoms with Crippen molar-refractivity contribution in [3.05, 3.63) is 71.8 Å². The smallest absolute Gasteiger partial charge is 0.448 e. The molecule has 0 saturated heterocycles. The lowest BCUT2D eigenvalue weighted by Gasteiger charge is -2.43. The van der Waals surface area contributed by atoms with Crippen LogP contribution in [0.15, 0.2) is 65.7 Å². The molecule has 2 aromatic rings. The van der Waals surface area contributed by atoms with E-state index in [1.165, 1.54) is 61.5 Å². The summed E-state index contributed by atoms with van der Waals surface area (Å²) in [6.45, 7) is 10.3. The van der Waals surface area contributed by atoms with Gasteiger partial charge < -0.3 is 56.1 Å². The van der Waals surface area contributed by atoms with Crippen molar-refractivity contribution in [2.24, 2.45) is 27.9 Å². The lowest BCUT2D eigenvalue weighted by molar-refractivity contribution is -0.368. The molecule has 0 fully saturated rings. The standard InChI is InChI=1S/C60H87N5O22/c1-7-13-19-35-45(59(78-46(66)28-11-5,82-51(71)41-30-22-17-23-31-41)55(75)86-84-48(68)36-20-14-8-2)77-50(70)40-44(62)54(74)81-58(38-26-16-10-4,80-53(73)43(61)34-27-39-65-57(63)64)60(79-47(67)29-12-6,83-52(72)42-32-24-18-25-33-42)56(76)87-85-49(69)37-21-15-9-3/h17-18,22-25,30-33,43-45H,7-16,19-21,26-29,34-40,61-62H2,1-6H3,(H4,63,64,65). The summed E-state index contributed by atoms with van der Waals surface area (Å²) in [5, 5.41) is 0. The molecular weight excluding hydrogens is 1140 g/mol. The van der Waals surface area contributed by atoms with Crippen molar-refractivity contribution in [3.63, 3.8) is 0 Å². The second kappa shape index (κ2) is 40.2. The molecule has 27 nitrogen and oxygen atoms in total. The molecule has 0 bridgehead atoms. The van der Waals surface area contributed by atoms with Gasteiger partial charge in [-0.25, -0.2) is 48.3 Å². The van der Waals surface area contributed by atoms with Crippen LogP contribution in [-0.2, 0) is 95.9 Å². The van der Waals surface area contributed by atoms with Crippen LogP contribution in [0.1, 0.15) is 210 Å². The summed E-state index contributed by atoms with van der Waals surface area (Å²) in [6, 6.07) is 9.70. The van der Waals surface area contributed by atoms with Crippen LogP contribution in [0.2, 0.25) is 0 Å². The minimum absolute atomic E-state index is 0.00494. The molecule has 27 heteroatoms. The summed E-state index contributed by atoms with van der Waals surface area (Å²) in [7, 11) is 0. The first kappa shape index (κ1) is 74.9. The predicted molar refractivity (Wildman–Crippen MR) is 307 cm³/mol. The second-order valence-corrected chi connectivity index (χ2v) is 20.2. The number of rotatable bonds is 41. The molecule has 8 N–H and O–H groups in total. The number of esters is 7. The highest BCUT2D eigenvalue weighted by Crippen LogP contribution is 2.42. The minimum Gasteiger partial charge on any atom is -0.453 e. The number of unbranched alkanes of at least 4 members (excludes halogenated alkanes) is 8. The monoisotopic (exact) mass is 1230 g/mol. The van der Waals surface area contributed by atoms with Crippen LogP contribution in [0, 0.1) is 0 Å². The molecule has 0 amide bonds. The van der Waals surface area contributed by atoms with Crippen molar-refractivity contribution >= 4 is 71.6 Å². The van der Waals surface area contributed by atoms with Crippen LogP contribution in [0.25, 0.3) is 0 Å². The highest BCUT2D eigenvalue weighted by molar-refractivity contribution is 5.95. The maximum atomic E-state index is 15.1. The number of guanidine groups is 1. The summed E-state index contributed by atoms with van der Waals surface area (Å²) in [6.07, 6.45) is -2.15. The quantitative estimate of drug-likeness (QED) is 0.00768. The van der Waals surface area contributed by atoms with Gasteiger partial charge in [0.25, 0.3) is 0 Å². The Morgan fingerprint density at radius 1 is 0.448 bits per heavy atom. The number of hydrogen-bond acceptors (Lipinski definition) is 25. The van der Waals surface area contributed by atoms with Gasteiger partial charge in [0.1, 0.15) is 12.1 Å². The Morgan fingerprint density at radius 2 is 0.920 bits per heavy atom. The molecule has 87 heavy (non-hydrogen) atoms. The molecule has 0 saturated carbocycles. The fourth-order valence-electron chi connectivity index (χ4n) is 8.08. The van der Waals surface area contributed by atoms with E-state index < -0.39 is 133 Å². The normalized spacial score (nSPS) is 14.0. The first-order valence-corrected chi connectivity index (χ1v) is 29.6. The van der Waals surface area contributed by atoms with Crippen molar-refractivity contribution in [3.8, 4) is 0 Å². The van der Waals surface area contributed by atoms with Crippen LogP contribution in [0.5, 0.6) is 0 Å². The number of carbonyl (C=O) groups excluding carboxylic acids is 11. The zero-order valence-corrected chi connectivity index (χ0v) is 50.7. The Hall–Kier alpha value is -8.20. The Morgan fingerprint density at radius 3 is 1.43 bits per heavy atom. The van der Waals surface area contributed by atoms with Gasteiger partial charge in [0.2, 0.25) is 0 Å². The molecule has 6 atom stereocenters. The first-order chi connectivity index (χ1) is 41.5. The maximum Gasteiger partial charge on any atom is 0.448 e. The minimum atomic E-state index is -3.94. The molecule has 2 aromatic carbocycles. The maximum absolute atomic E-state index is 15.1. The van der Waals surface area contributed by atoms with Gasteiger partial charge in [-0.3, -0.25) is 29.0 Å². The third kappa shape index (κ3) is 25.3. The molecule has 484 valence electrons. The first-order valence-electron chi connectivity index (χ1n) is 29.6. The van der Waals surface area contributed by atoms with E-state index in [4.69, 9.17) is 75.6 Å². The Labute approximate surface area is 506 Å². The summed E-state index contributed by atoms with van der Waals surface area (Å²) in [4.78, 5) is 179. The van der Waals surface area contributed by atoms with E-state index in [1.807, 2.05) is 13.8 Å². The molecule has 0 aromatic heterocycles. The van der Waals surface area contributed by atoms with E-state index in [2.05, 4.69) is 4.99 Å². The van der Waals surface area contributed by atoms with E-state index in [9.17, 15) is 47.9 Å². The van der Waals surface area contributed by atoms with Gasteiger partial charge in [-0.1, -0.05) is 129 Å². The molecule has 0 spiro atoms. The number of hydrogen-bond donors (Lipinski definition) is 4. The summed E-state index contributed by atoms with van der Waals surface area (Å²) >= 11 is 0. The highest BCUT2D eigenvalue weighted by Gasteiger charge is 2.72. The molecule has 0 aliphatic rings. The third-order valence-electron chi connectivity index (χ3n) is 12.7. The van der Waals surface area contributed by atoms with Crippen LogP contribution >= 0.6 is 0 Å². The summed E-state index contributed by atoms with van der Waals surface area (Å²) in [5.41, 5.74) is 23.2. The molecule has 6 unspecified atom stereocenters. The molecule has 2 rings (SSSR count). The van der Waals surface area contributed by atoms with Gasteiger partial charge in [0, 0.05) is 25.8 Å². The number of nitrogens with two attached hydrogens (primary N) is 4. The fraction of sp³-hybridized carbons (Fsp3) is 0.600. The lowest BCUT2D eigenvalue weighted by Crippen LogP contribution is -2.69. The average molecular weight is 1230 g/mol. The summed E-state index contributed by atoms with van der Waals surface area (Å²) in [5.74, 6) is -27.5. The number of benzene rings is 2. The summed E-state index contributed by atoms with van der Waals surface area (Å²) < 4.78 is 40.9. The molecule has 0 aliphatic carbocycles.